The summed E-state index contributed by atoms with van der Waals surface area (Å²) in [5, 5.41) is 11.5. The van der Waals surface area contributed by atoms with Crippen LogP contribution in [0.3, 0.4) is 0 Å². The zero-order chi connectivity index (χ0) is 12.2. The van der Waals surface area contributed by atoms with Crippen molar-refractivity contribution in [1.82, 2.24) is 9.96 Å². The number of hydrogen-bond acceptors (Lipinski definition) is 3. The smallest absolute Gasteiger partial charge is 0.0422 e. The fourth-order valence-electron chi connectivity index (χ4n) is 2.06. The summed E-state index contributed by atoms with van der Waals surface area (Å²) >= 11 is 0. The minimum absolute atomic E-state index is 0.166. The van der Waals surface area contributed by atoms with Crippen molar-refractivity contribution in [3.8, 4) is 0 Å². The minimum atomic E-state index is -0.168. The number of hydroxylamine groups is 2. The number of hydrogen-bond donors (Lipinski definition) is 1. The van der Waals surface area contributed by atoms with Crippen LogP contribution in [0.2, 0.25) is 0 Å². The van der Waals surface area contributed by atoms with Crippen LogP contribution >= 0.6 is 0 Å². The molecular weight excluding hydrogens is 188 g/mol. The lowest BCUT2D eigenvalue weighted by Gasteiger charge is -2.40. The highest BCUT2D eigenvalue weighted by atomic mass is 16.5. The average molecular weight is 216 g/mol. The van der Waals surface area contributed by atoms with Crippen molar-refractivity contribution >= 4 is 0 Å². The van der Waals surface area contributed by atoms with Gasteiger partial charge in [0.1, 0.15) is 0 Å². The molecule has 0 aliphatic heterocycles. The third-order valence-corrected chi connectivity index (χ3v) is 3.05. The van der Waals surface area contributed by atoms with E-state index in [0.29, 0.717) is 6.04 Å². The van der Waals surface area contributed by atoms with E-state index in [0.717, 1.165) is 12.8 Å². The summed E-state index contributed by atoms with van der Waals surface area (Å²) in [7, 11) is 4.20. The molecule has 92 valence electrons. The molecule has 0 aromatic carbocycles. The first-order chi connectivity index (χ1) is 6.72. The van der Waals surface area contributed by atoms with Gasteiger partial charge in [0.2, 0.25) is 0 Å². The molecule has 3 nitrogen and oxygen atoms in total. The molecule has 0 saturated heterocycles. The van der Waals surface area contributed by atoms with Gasteiger partial charge in [0.15, 0.2) is 0 Å². The van der Waals surface area contributed by atoms with Gasteiger partial charge >= 0.3 is 0 Å². The molecule has 15 heavy (non-hydrogen) atoms. The summed E-state index contributed by atoms with van der Waals surface area (Å²) in [6.07, 6.45) is 2.09. The molecule has 0 fully saturated rings. The standard InChI is InChI=1S/C12H28N2O/c1-8-11(13(6)7)9-12(4,5)14(15)10(2)3/h10-11,15H,8-9H2,1-7H3. The van der Waals surface area contributed by atoms with Crippen LogP contribution in [0.1, 0.15) is 47.5 Å². The van der Waals surface area contributed by atoms with Gasteiger partial charge in [-0.2, -0.15) is 5.06 Å². The lowest BCUT2D eigenvalue weighted by Crippen LogP contribution is -2.49. The Morgan fingerprint density at radius 3 is 1.93 bits per heavy atom. The van der Waals surface area contributed by atoms with E-state index in [2.05, 4.69) is 39.8 Å². The molecular formula is C12H28N2O. The number of nitrogens with zero attached hydrogens (tertiary/aromatic N) is 2. The van der Waals surface area contributed by atoms with Gasteiger partial charge in [-0.1, -0.05) is 6.92 Å². The first-order valence-electron chi connectivity index (χ1n) is 5.87. The Balaban J connectivity index is 4.46. The van der Waals surface area contributed by atoms with Gasteiger partial charge in [-0.3, -0.25) is 0 Å². The Morgan fingerprint density at radius 1 is 1.20 bits per heavy atom. The molecule has 0 heterocycles. The van der Waals surface area contributed by atoms with E-state index in [1.807, 2.05) is 13.8 Å². The van der Waals surface area contributed by atoms with E-state index >= 15 is 0 Å². The highest BCUT2D eigenvalue weighted by Gasteiger charge is 2.30. The molecule has 0 saturated carbocycles. The monoisotopic (exact) mass is 216 g/mol. The normalized spacial score (nSPS) is 15.4. The maximum absolute atomic E-state index is 10.00. The molecule has 1 atom stereocenters. The molecule has 0 amide bonds. The second kappa shape index (κ2) is 5.83. The second-order valence-corrected chi connectivity index (χ2v) is 5.48. The van der Waals surface area contributed by atoms with Gasteiger partial charge in [-0.15, -0.1) is 0 Å². The van der Waals surface area contributed by atoms with Crippen molar-refractivity contribution in [3.05, 3.63) is 0 Å². The summed E-state index contributed by atoms with van der Waals surface area (Å²) in [6, 6.07) is 0.688. The van der Waals surface area contributed by atoms with Crippen molar-refractivity contribution in [2.45, 2.75) is 65.1 Å². The maximum atomic E-state index is 10.00. The van der Waals surface area contributed by atoms with Crippen molar-refractivity contribution in [1.29, 1.82) is 0 Å². The largest absolute Gasteiger partial charge is 0.313 e. The fraction of sp³-hybridized carbons (Fsp3) is 1.00. The van der Waals surface area contributed by atoms with Crippen molar-refractivity contribution in [2.24, 2.45) is 0 Å². The molecule has 0 aromatic heterocycles. The Labute approximate surface area is 95.0 Å². The second-order valence-electron chi connectivity index (χ2n) is 5.48. The lowest BCUT2D eigenvalue weighted by molar-refractivity contribution is -0.190. The zero-order valence-corrected chi connectivity index (χ0v) is 11.4. The Morgan fingerprint density at radius 2 is 1.67 bits per heavy atom. The van der Waals surface area contributed by atoms with Crippen LogP contribution in [0, 0.1) is 0 Å². The van der Waals surface area contributed by atoms with E-state index in [1.54, 1.807) is 0 Å². The van der Waals surface area contributed by atoms with Crippen LogP contribution in [0.4, 0.5) is 0 Å². The molecule has 1 unspecified atom stereocenters. The third-order valence-electron chi connectivity index (χ3n) is 3.05. The lowest BCUT2D eigenvalue weighted by atomic mass is 9.92. The summed E-state index contributed by atoms with van der Waals surface area (Å²) in [4.78, 5) is 2.23. The summed E-state index contributed by atoms with van der Waals surface area (Å²) in [5.74, 6) is 0. The summed E-state index contributed by atoms with van der Waals surface area (Å²) in [6.45, 7) is 10.4. The van der Waals surface area contributed by atoms with Gasteiger partial charge in [0, 0.05) is 17.6 Å². The first kappa shape index (κ1) is 14.9. The Kier molecular flexibility index (Phi) is 5.78. The van der Waals surface area contributed by atoms with Gasteiger partial charge in [0.25, 0.3) is 0 Å². The molecule has 1 N–H and O–H groups in total. The fourth-order valence-corrected chi connectivity index (χ4v) is 2.06. The Hall–Kier alpha value is -0.120. The Bertz CT molecular complexity index is 178. The van der Waals surface area contributed by atoms with Crippen LogP contribution in [-0.4, -0.2) is 46.9 Å². The van der Waals surface area contributed by atoms with Crippen molar-refractivity contribution in [3.63, 3.8) is 0 Å². The highest BCUT2D eigenvalue weighted by molar-refractivity contribution is 4.83. The van der Waals surface area contributed by atoms with Crippen LogP contribution in [0.15, 0.2) is 0 Å². The maximum Gasteiger partial charge on any atom is 0.0422 e. The molecule has 0 aromatic rings. The van der Waals surface area contributed by atoms with E-state index < -0.39 is 0 Å². The molecule has 0 spiro atoms. The predicted octanol–water partition coefficient (Wildman–Crippen LogP) is 2.59. The van der Waals surface area contributed by atoms with Crippen molar-refractivity contribution < 1.29 is 5.21 Å². The highest BCUT2D eigenvalue weighted by Crippen LogP contribution is 2.23. The molecule has 3 heteroatoms. The van der Waals surface area contributed by atoms with Gasteiger partial charge in [-0.05, 0) is 54.6 Å². The quantitative estimate of drug-likeness (QED) is 0.691. The van der Waals surface area contributed by atoms with Crippen molar-refractivity contribution in [2.75, 3.05) is 14.1 Å². The third kappa shape index (κ3) is 4.49. The SMILES string of the molecule is CCC(CC(C)(C)N(O)C(C)C)N(C)C. The van der Waals surface area contributed by atoms with Crippen LogP contribution in [-0.2, 0) is 0 Å². The molecule has 0 aliphatic rings. The molecule has 0 radical (unpaired) electrons. The van der Waals surface area contributed by atoms with E-state index in [9.17, 15) is 5.21 Å². The van der Waals surface area contributed by atoms with Gasteiger partial charge in [0.05, 0.1) is 0 Å². The topological polar surface area (TPSA) is 26.7 Å². The zero-order valence-electron chi connectivity index (χ0n) is 11.4. The molecule has 0 rings (SSSR count). The van der Waals surface area contributed by atoms with Crippen LogP contribution < -0.4 is 0 Å². The van der Waals surface area contributed by atoms with E-state index in [4.69, 9.17) is 0 Å². The van der Waals surface area contributed by atoms with Gasteiger partial charge < -0.3 is 10.1 Å². The molecule has 0 aliphatic carbocycles. The number of rotatable bonds is 6. The first-order valence-corrected chi connectivity index (χ1v) is 5.87. The van der Waals surface area contributed by atoms with Gasteiger partial charge in [-0.25, -0.2) is 0 Å². The average Bonchev–Trinajstić information content (AvgIpc) is 2.12. The van der Waals surface area contributed by atoms with Crippen LogP contribution in [0.25, 0.3) is 0 Å². The molecule has 0 bridgehead atoms. The summed E-state index contributed by atoms with van der Waals surface area (Å²) < 4.78 is 0. The van der Waals surface area contributed by atoms with E-state index in [1.165, 1.54) is 5.06 Å². The summed E-state index contributed by atoms with van der Waals surface area (Å²) in [5.41, 5.74) is -0.168. The predicted molar refractivity (Wildman–Crippen MR) is 65.2 cm³/mol. The minimum Gasteiger partial charge on any atom is -0.313 e. The van der Waals surface area contributed by atoms with Crippen LogP contribution in [0.5, 0.6) is 0 Å². The van der Waals surface area contributed by atoms with E-state index in [-0.39, 0.29) is 11.6 Å².